The summed E-state index contributed by atoms with van der Waals surface area (Å²) in [6, 6.07) is 9.11. The molecule has 1 aromatic rings. The summed E-state index contributed by atoms with van der Waals surface area (Å²) in [5, 5.41) is 0. The normalized spacial score (nSPS) is 20.6. The first-order valence-electron chi connectivity index (χ1n) is 6.61. The molecule has 1 unspecified atom stereocenters. The minimum absolute atomic E-state index is 0.929. The van der Waals surface area contributed by atoms with Crippen LogP contribution in [0.25, 0.3) is 5.57 Å². The van der Waals surface area contributed by atoms with E-state index in [4.69, 9.17) is 0 Å². The second-order valence-electron chi connectivity index (χ2n) is 4.83. The summed E-state index contributed by atoms with van der Waals surface area (Å²) in [6.07, 6.45) is 8.84. The van der Waals surface area contributed by atoms with Gasteiger partial charge in [0.25, 0.3) is 0 Å². The van der Waals surface area contributed by atoms with Gasteiger partial charge in [0, 0.05) is 0 Å². The summed E-state index contributed by atoms with van der Waals surface area (Å²) >= 11 is 0. The summed E-state index contributed by atoms with van der Waals surface area (Å²) in [5.74, 6) is 0.929. The molecule has 86 valence electrons. The molecule has 2 rings (SSSR count). The summed E-state index contributed by atoms with van der Waals surface area (Å²) in [4.78, 5) is 0. The SMILES string of the molecule is CCc1ccc(C2=CCC(CC)CC2)cc1. The van der Waals surface area contributed by atoms with Gasteiger partial charge >= 0.3 is 0 Å². The number of rotatable bonds is 3. The zero-order valence-corrected chi connectivity index (χ0v) is 10.5. The Balaban J connectivity index is 2.10. The maximum Gasteiger partial charge on any atom is -0.0228 e. The van der Waals surface area contributed by atoms with Crippen LogP contribution in [0.3, 0.4) is 0 Å². The van der Waals surface area contributed by atoms with Crippen molar-refractivity contribution in [1.29, 1.82) is 0 Å². The van der Waals surface area contributed by atoms with Crippen LogP contribution < -0.4 is 0 Å². The molecule has 0 N–H and O–H groups in total. The number of aryl methyl sites for hydroxylation is 1. The van der Waals surface area contributed by atoms with Crippen molar-refractivity contribution in [3.8, 4) is 0 Å². The van der Waals surface area contributed by atoms with E-state index in [0.29, 0.717) is 0 Å². The van der Waals surface area contributed by atoms with Crippen molar-refractivity contribution in [3.63, 3.8) is 0 Å². The van der Waals surface area contributed by atoms with Crippen LogP contribution >= 0.6 is 0 Å². The van der Waals surface area contributed by atoms with Crippen LogP contribution in [0.15, 0.2) is 30.3 Å². The maximum absolute atomic E-state index is 2.46. The molecule has 0 fully saturated rings. The van der Waals surface area contributed by atoms with Gasteiger partial charge in [-0.25, -0.2) is 0 Å². The predicted octanol–water partition coefficient (Wildman–Crippen LogP) is 4.84. The lowest BCUT2D eigenvalue weighted by Gasteiger charge is -2.20. The standard InChI is InChI=1S/C16H22/c1-3-13-5-9-15(10-6-13)16-11-7-14(4-2)8-12-16/h5-6,9-11,14H,3-4,7-8,12H2,1-2H3. The zero-order valence-electron chi connectivity index (χ0n) is 10.5. The molecule has 0 heterocycles. The van der Waals surface area contributed by atoms with Crippen molar-refractivity contribution in [2.75, 3.05) is 0 Å². The number of benzene rings is 1. The third-order valence-corrected chi connectivity index (χ3v) is 3.83. The van der Waals surface area contributed by atoms with Crippen LogP contribution in [0.5, 0.6) is 0 Å². The summed E-state index contributed by atoms with van der Waals surface area (Å²) in [5.41, 5.74) is 4.44. The number of allylic oxidation sites excluding steroid dienone is 2. The Hall–Kier alpha value is -1.04. The van der Waals surface area contributed by atoms with E-state index < -0.39 is 0 Å². The number of hydrogen-bond donors (Lipinski definition) is 0. The Morgan fingerprint density at radius 1 is 1.12 bits per heavy atom. The monoisotopic (exact) mass is 214 g/mol. The fourth-order valence-electron chi connectivity index (χ4n) is 2.48. The molecule has 0 aliphatic heterocycles. The first kappa shape index (κ1) is 11.4. The molecule has 1 aliphatic rings. The van der Waals surface area contributed by atoms with Gasteiger partial charge in [-0.2, -0.15) is 0 Å². The van der Waals surface area contributed by atoms with Gasteiger partial charge in [0.15, 0.2) is 0 Å². The lowest BCUT2D eigenvalue weighted by molar-refractivity contribution is 0.471. The molecule has 0 saturated carbocycles. The molecule has 0 amide bonds. The maximum atomic E-state index is 2.46. The van der Waals surface area contributed by atoms with E-state index in [1.165, 1.54) is 36.8 Å². The van der Waals surface area contributed by atoms with Crippen LogP contribution in [0.2, 0.25) is 0 Å². The molecule has 0 nitrogen and oxygen atoms in total. The molecule has 1 aliphatic carbocycles. The molecule has 0 spiro atoms. The van der Waals surface area contributed by atoms with E-state index in [9.17, 15) is 0 Å². The van der Waals surface area contributed by atoms with E-state index in [0.717, 1.165) is 12.3 Å². The van der Waals surface area contributed by atoms with Gasteiger partial charge < -0.3 is 0 Å². The predicted molar refractivity (Wildman–Crippen MR) is 71.4 cm³/mol. The van der Waals surface area contributed by atoms with Gasteiger partial charge in [-0.1, -0.05) is 50.6 Å². The van der Waals surface area contributed by atoms with Gasteiger partial charge in [0.05, 0.1) is 0 Å². The van der Waals surface area contributed by atoms with Crippen molar-refractivity contribution in [2.45, 2.75) is 46.0 Å². The van der Waals surface area contributed by atoms with Crippen molar-refractivity contribution in [1.82, 2.24) is 0 Å². The Morgan fingerprint density at radius 3 is 2.38 bits per heavy atom. The molecule has 0 bridgehead atoms. The third kappa shape index (κ3) is 2.55. The molecule has 0 radical (unpaired) electrons. The lowest BCUT2D eigenvalue weighted by Crippen LogP contribution is -2.03. The molecule has 1 aromatic carbocycles. The highest BCUT2D eigenvalue weighted by atomic mass is 14.2. The molecule has 16 heavy (non-hydrogen) atoms. The quantitative estimate of drug-likeness (QED) is 0.675. The second-order valence-corrected chi connectivity index (χ2v) is 4.83. The Kier molecular flexibility index (Phi) is 3.82. The van der Waals surface area contributed by atoms with Gasteiger partial charge in [-0.3, -0.25) is 0 Å². The van der Waals surface area contributed by atoms with Crippen molar-refractivity contribution >= 4 is 5.57 Å². The van der Waals surface area contributed by atoms with Crippen LogP contribution in [0.1, 0.15) is 50.7 Å². The molecule has 0 saturated heterocycles. The van der Waals surface area contributed by atoms with E-state index in [1.54, 1.807) is 5.57 Å². The Labute approximate surface area is 99.4 Å². The minimum Gasteiger partial charge on any atom is -0.0804 e. The highest BCUT2D eigenvalue weighted by molar-refractivity contribution is 5.66. The van der Waals surface area contributed by atoms with Crippen molar-refractivity contribution < 1.29 is 0 Å². The third-order valence-electron chi connectivity index (χ3n) is 3.83. The van der Waals surface area contributed by atoms with Crippen LogP contribution in [-0.2, 0) is 6.42 Å². The first-order valence-corrected chi connectivity index (χ1v) is 6.61. The zero-order chi connectivity index (χ0) is 11.4. The lowest BCUT2D eigenvalue weighted by atomic mass is 9.85. The average molecular weight is 214 g/mol. The van der Waals surface area contributed by atoms with E-state index in [-0.39, 0.29) is 0 Å². The summed E-state index contributed by atoms with van der Waals surface area (Å²) in [6.45, 7) is 4.51. The minimum atomic E-state index is 0.929. The van der Waals surface area contributed by atoms with Gasteiger partial charge in [0.2, 0.25) is 0 Å². The second kappa shape index (κ2) is 5.34. The van der Waals surface area contributed by atoms with Crippen LogP contribution in [-0.4, -0.2) is 0 Å². The summed E-state index contributed by atoms with van der Waals surface area (Å²) in [7, 11) is 0. The molecule has 1 atom stereocenters. The summed E-state index contributed by atoms with van der Waals surface area (Å²) < 4.78 is 0. The fourth-order valence-corrected chi connectivity index (χ4v) is 2.48. The van der Waals surface area contributed by atoms with Crippen LogP contribution in [0.4, 0.5) is 0 Å². The first-order chi connectivity index (χ1) is 7.83. The molecule has 0 aromatic heterocycles. The smallest absolute Gasteiger partial charge is 0.0228 e. The van der Waals surface area contributed by atoms with E-state index in [1.807, 2.05) is 0 Å². The highest BCUT2D eigenvalue weighted by Crippen LogP contribution is 2.31. The Morgan fingerprint density at radius 2 is 1.88 bits per heavy atom. The largest absolute Gasteiger partial charge is 0.0804 e. The van der Waals surface area contributed by atoms with Gasteiger partial charge in [-0.15, -0.1) is 0 Å². The molecular formula is C16H22. The van der Waals surface area contributed by atoms with Gasteiger partial charge in [0.1, 0.15) is 0 Å². The highest BCUT2D eigenvalue weighted by Gasteiger charge is 2.13. The van der Waals surface area contributed by atoms with Crippen molar-refractivity contribution in [3.05, 3.63) is 41.5 Å². The average Bonchev–Trinajstić information content (AvgIpc) is 2.39. The van der Waals surface area contributed by atoms with Crippen LogP contribution in [0, 0.1) is 5.92 Å². The van der Waals surface area contributed by atoms with E-state index in [2.05, 4.69) is 44.2 Å². The molecular weight excluding hydrogens is 192 g/mol. The topological polar surface area (TPSA) is 0 Å². The number of hydrogen-bond acceptors (Lipinski definition) is 0. The fraction of sp³-hybridized carbons (Fsp3) is 0.500. The van der Waals surface area contributed by atoms with E-state index >= 15 is 0 Å². The van der Waals surface area contributed by atoms with Crippen molar-refractivity contribution in [2.24, 2.45) is 5.92 Å². The molecule has 0 heteroatoms. The van der Waals surface area contributed by atoms with Gasteiger partial charge in [-0.05, 0) is 48.3 Å². The Bertz CT molecular complexity index is 356.